The van der Waals surface area contributed by atoms with Crippen LogP contribution in [0.1, 0.15) is 21.5 Å². The second-order valence-corrected chi connectivity index (χ2v) is 8.36. The summed E-state index contributed by atoms with van der Waals surface area (Å²) in [7, 11) is -0.810. The van der Waals surface area contributed by atoms with E-state index in [2.05, 4.69) is 9.93 Å². The van der Waals surface area contributed by atoms with Crippen LogP contribution in [-0.2, 0) is 10.0 Å². The van der Waals surface area contributed by atoms with Crippen LogP contribution in [0.2, 0.25) is 0 Å². The second kappa shape index (κ2) is 9.97. The van der Waals surface area contributed by atoms with E-state index >= 15 is 0 Å². The van der Waals surface area contributed by atoms with Crippen molar-refractivity contribution in [1.29, 1.82) is 0 Å². The highest BCUT2D eigenvalue weighted by molar-refractivity contribution is 7.89. The lowest BCUT2D eigenvalue weighted by atomic mass is 10.2. The summed E-state index contributed by atoms with van der Waals surface area (Å²) in [5.41, 5.74) is 1.84. The van der Waals surface area contributed by atoms with E-state index in [0.29, 0.717) is 16.9 Å². The average Bonchev–Trinajstić information content (AvgIpc) is 2.80. The first kappa shape index (κ1) is 22.8. The van der Waals surface area contributed by atoms with Crippen LogP contribution in [0, 0.1) is 6.92 Å². The van der Waals surface area contributed by atoms with Gasteiger partial charge in [-0.2, -0.15) is 13.5 Å². The van der Waals surface area contributed by atoms with Crippen molar-refractivity contribution in [1.82, 2.24) is 4.83 Å². The van der Waals surface area contributed by atoms with Crippen LogP contribution in [0.5, 0.6) is 17.2 Å². The van der Waals surface area contributed by atoms with E-state index < -0.39 is 16.0 Å². The molecule has 0 amide bonds. The molecule has 3 aromatic carbocycles. The number of sulfonamides is 1. The predicted octanol–water partition coefficient (Wildman–Crippen LogP) is 3.54. The van der Waals surface area contributed by atoms with Gasteiger partial charge in [0, 0.05) is 0 Å². The first-order valence-electron chi connectivity index (χ1n) is 9.48. The van der Waals surface area contributed by atoms with Gasteiger partial charge in [0.15, 0.2) is 11.5 Å². The van der Waals surface area contributed by atoms with Crippen LogP contribution < -0.4 is 19.0 Å². The maximum Gasteiger partial charge on any atom is 0.343 e. The van der Waals surface area contributed by atoms with Crippen molar-refractivity contribution < 1.29 is 27.4 Å². The van der Waals surface area contributed by atoms with Crippen molar-refractivity contribution in [3.8, 4) is 17.2 Å². The van der Waals surface area contributed by atoms with Crippen LogP contribution in [0.3, 0.4) is 0 Å². The fourth-order valence-corrected chi connectivity index (χ4v) is 3.47. The van der Waals surface area contributed by atoms with E-state index in [9.17, 15) is 13.2 Å². The Kier molecular flexibility index (Phi) is 7.11. The van der Waals surface area contributed by atoms with Gasteiger partial charge < -0.3 is 14.2 Å². The van der Waals surface area contributed by atoms with Crippen LogP contribution in [-0.4, -0.2) is 34.8 Å². The molecule has 3 rings (SSSR count). The Bertz CT molecular complexity index is 1220. The van der Waals surface area contributed by atoms with Crippen molar-refractivity contribution in [2.45, 2.75) is 11.8 Å². The van der Waals surface area contributed by atoms with Crippen LogP contribution >= 0.6 is 0 Å². The Labute approximate surface area is 186 Å². The zero-order valence-electron chi connectivity index (χ0n) is 17.7. The number of carbonyl (C=O) groups is 1. The van der Waals surface area contributed by atoms with E-state index in [1.807, 2.05) is 6.92 Å². The number of hydrogen-bond donors (Lipinski definition) is 1. The van der Waals surface area contributed by atoms with E-state index in [-0.39, 0.29) is 16.4 Å². The minimum atomic E-state index is -3.78. The number of esters is 1. The quantitative estimate of drug-likeness (QED) is 0.242. The average molecular weight is 455 g/mol. The lowest BCUT2D eigenvalue weighted by Crippen LogP contribution is -2.18. The summed E-state index contributed by atoms with van der Waals surface area (Å²) in [4.78, 5) is 14.7. The van der Waals surface area contributed by atoms with Gasteiger partial charge in [0.2, 0.25) is 0 Å². The molecule has 0 saturated heterocycles. The number of ether oxygens (including phenoxy) is 3. The number of rotatable bonds is 8. The summed E-state index contributed by atoms with van der Waals surface area (Å²) in [5, 5.41) is 3.80. The molecule has 0 aliphatic heterocycles. The van der Waals surface area contributed by atoms with Gasteiger partial charge in [-0.3, -0.25) is 0 Å². The number of nitrogens with zero attached hydrogens (tertiary/aromatic N) is 1. The maximum atomic E-state index is 12.4. The summed E-state index contributed by atoms with van der Waals surface area (Å²) >= 11 is 0. The Balaban J connectivity index is 1.70. The topological polar surface area (TPSA) is 103 Å². The van der Waals surface area contributed by atoms with Crippen molar-refractivity contribution in [3.05, 3.63) is 83.4 Å². The SMILES string of the molecule is COc1ccc(C(=O)Oc2ccc(/C=N/NS(=O)(=O)c3ccc(C)cc3)cc2OC)cc1. The smallest absolute Gasteiger partial charge is 0.343 e. The molecule has 8 nitrogen and oxygen atoms in total. The lowest BCUT2D eigenvalue weighted by Gasteiger charge is -2.10. The van der Waals surface area contributed by atoms with Gasteiger partial charge in [-0.15, -0.1) is 0 Å². The standard InChI is InChI=1S/C23H22N2O6S/c1-16-4-11-20(12-5-16)32(27,28)25-24-15-17-6-13-21(22(14-17)30-3)31-23(26)18-7-9-19(29-2)10-8-18/h4-15,25H,1-3H3/b24-15+. The molecule has 0 aromatic heterocycles. The van der Waals surface area contributed by atoms with Gasteiger partial charge in [0.05, 0.1) is 30.9 Å². The third-order valence-corrected chi connectivity index (χ3v) is 5.67. The molecule has 0 heterocycles. The highest BCUT2D eigenvalue weighted by Crippen LogP contribution is 2.28. The molecule has 3 aromatic rings. The van der Waals surface area contributed by atoms with Gasteiger partial charge in [0.1, 0.15) is 5.75 Å². The monoisotopic (exact) mass is 454 g/mol. The highest BCUT2D eigenvalue weighted by atomic mass is 32.2. The second-order valence-electron chi connectivity index (χ2n) is 6.69. The van der Waals surface area contributed by atoms with Crippen molar-refractivity contribution in [2.24, 2.45) is 5.10 Å². The molecule has 166 valence electrons. The number of nitrogens with one attached hydrogen (secondary N) is 1. The minimum absolute atomic E-state index is 0.110. The van der Waals surface area contributed by atoms with Gasteiger partial charge in [-0.25, -0.2) is 9.63 Å². The van der Waals surface area contributed by atoms with Crippen molar-refractivity contribution in [3.63, 3.8) is 0 Å². The number of methoxy groups -OCH3 is 2. The Hall–Kier alpha value is -3.85. The number of aryl methyl sites for hydroxylation is 1. The molecule has 0 saturated carbocycles. The van der Waals surface area contributed by atoms with Gasteiger partial charge in [0.25, 0.3) is 10.0 Å². The summed E-state index contributed by atoms with van der Waals surface area (Å²) in [6.45, 7) is 1.87. The molecule has 9 heteroatoms. The minimum Gasteiger partial charge on any atom is -0.497 e. The van der Waals surface area contributed by atoms with E-state index in [4.69, 9.17) is 14.2 Å². The van der Waals surface area contributed by atoms with Gasteiger partial charge in [-0.1, -0.05) is 17.7 Å². The largest absolute Gasteiger partial charge is 0.497 e. The van der Waals surface area contributed by atoms with E-state index in [1.165, 1.54) is 38.6 Å². The zero-order chi connectivity index (χ0) is 23.1. The lowest BCUT2D eigenvalue weighted by molar-refractivity contribution is 0.0729. The number of benzene rings is 3. The summed E-state index contributed by atoms with van der Waals surface area (Å²) in [6, 6.07) is 17.6. The molecular weight excluding hydrogens is 432 g/mol. The molecular formula is C23H22N2O6S. The summed E-state index contributed by atoms with van der Waals surface area (Å²) in [6.07, 6.45) is 1.32. The molecule has 0 aliphatic rings. The zero-order valence-corrected chi connectivity index (χ0v) is 18.5. The summed E-state index contributed by atoms with van der Waals surface area (Å²) < 4.78 is 40.4. The van der Waals surface area contributed by atoms with E-state index in [0.717, 1.165) is 5.56 Å². The van der Waals surface area contributed by atoms with Crippen molar-refractivity contribution in [2.75, 3.05) is 14.2 Å². The molecule has 0 spiro atoms. The first-order valence-corrected chi connectivity index (χ1v) is 11.0. The molecule has 1 N–H and O–H groups in total. The van der Waals surface area contributed by atoms with Crippen LogP contribution in [0.4, 0.5) is 0 Å². The predicted molar refractivity (Wildman–Crippen MR) is 120 cm³/mol. The fraction of sp³-hybridized carbons (Fsp3) is 0.130. The molecule has 0 bridgehead atoms. The van der Waals surface area contributed by atoms with Crippen molar-refractivity contribution >= 4 is 22.2 Å². The maximum absolute atomic E-state index is 12.4. The molecule has 0 radical (unpaired) electrons. The third-order valence-electron chi connectivity index (χ3n) is 4.43. The third kappa shape index (κ3) is 5.64. The van der Waals surface area contributed by atoms with Crippen LogP contribution in [0.15, 0.2) is 76.7 Å². The molecule has 0 fully saturated rings. The normalized spacial score (nSPS) is 11.2. The Morgan fingerprint density at radius 1 is 0.906 bits per heavy atom. The van der Waals surface area contributed by atoms with Gasteiger partial charge >= 0.3 is 5.97 Å². The van der Waals surface area contributed by atoms with Gasteiger partial charge in [-0.05, 0) is 67.1 Å². The fourth-order valence-electron chi connectivity index (χ4n) is 2.68. The summed E-state index contributed by atoms with van der Waals surface area (Å²) in [5.74, 6) is 0.571. The highest BCUT2D eigenvalue weighted by Gasteiger charge is 2.14. The van der Waals surface area contributed by atoms with Crippen LogP contribution in [0.25, 0.3) is 0 Å². The molecule has 0 atom stereocenters. The number of carbonyl (C=O) groups excluding carboxylic acids is 1. The van der Waals surface area contributed by atoms with E-state index in [1.54, 1.807) is 48.5 Å². The molecule has 0 unspecified atom stereocenters. The Morgan fingerprint density at radius 3 is 2.22 bits per heavy atom. The Morgan fingerprint density at radius 2 is 1.59 bits per heavy atom. The molecule has 32 heavy (non-hydrogen) atoms. The number of hydrazone groups is 1. The number of hydrogen-bond acceptors (Lipinski definition) is 7. The first-order chi connectivity index (χ1) is 15.3. The molecule has 0 aliphatic carbocycles.